The van der Waals surface area contributed by atoms with Crippen LogP contribution in [0.1, 0.15) is 15.9 Å². The van der Waals surface area contributed by atoms with Crippen molar-refractivity contribution in [2.45, 2.75) is 6.54 Å². The maximum atomic E-state index is 12.4. The van der Waals surface area contributed by atoms with Crippen LogP contribution in [0.25, 0.3) is 0 Å². The van der Waals surface area contributed by atoms with Crippen LogP contribution in [-0.2, 0) is 6.54 Å². The first kappa shape index (κ1) is 15.6. The molecule has 0 radical (unpaired) electrons. The summed E-state index contributed by atoms with van der Waals surface area (Å²) in [6, 6.07) is 4.67. The summed E-state index contributed by atoms with van der Waals surface area (Å²) in [4.78, 5) is 26.8. The van der Waals surface area contributed by atoms with E-state index >= 15 is 0 Å². The molecule has 0 aliphatic carbocycles. The van der Waals surface area contributed by atoms with Crippen molar-refractivity contribution in [3.05, 3.63) is 66.3 Å². The second-order valence-electron chi connectivity index (χ2n) is 5.05. The highest BCUT2D eigenvalue weighted by Crippen LogP contribution is 2.30. The zero-order chi connectivity index (χ0) is 16.3. The number of benzene rings is 1. The minimum Gasteiger partial charge on any atom is -0.478 e. The predicted molar refractivity (Wildman–Crippen MR) is 86.1 cm³/mol. The summed E-state index contributed by atoms with van der Waals surface area (Å²) in [7, 11) is 1.72. The average molecular weight is 298 g/mol. The molecule has 2 rings (SSSR count). The van der Waals surface area contributed by atoms with E-state index in [2.05, 4.69) is 13.2 Å². The Labute approximate surface area is 129 Å². The molecule has 22 heavy (non-hydrogen) atoms. The van der Waals surface area contributed by atoms with Crippen molar-refractivity contribution in [1.82, 2.24) is 4.90 Å². The molecule has 1 aromatic rings. The van der Waals surface area contributed by atoms with E-state index in [1.54, 1.807) is 47.2 Å². The number of fused-ring (bicyclic) bond motifs is 1. The lowest BCUT2D eigenvalue weighted by molar-refractivity contribution is 0.0696. The van der Waals surface area contributed by atoms with Gasteiger partial charge in [0.2, 0.25) is 0 Å². The highest BCUT2D eigenvalue weighted by molar-refractivity contribution is 5.97. The molecule has 2 amide bonds. The molecule has 0 spiro atoms. The summed E-state index contributed by atoms with van der Waals surface area (Å²) >= 11 is 0. The molecule has 1 aromatic carbocycles. The molecule has 1 heterocycles. The third-order valence-electron chi connectivity index (χ3n) is 3.52. The van der Waals surface area contributed by atoms with Crippen LogP contribution < -0.4 is 4.90 Å². The standard InChI is InChI=1S/C17H18N2O3/c1-4-6-12(5-2)10-19-15-9-13(16(20)21)7-8-14(15)11-18(3)17(19)22/h4-9H,1-2,10-11H2,3H3,(H,20,21)/b12-6+. The van der Waals surface area contributed by atoms with Gasteiger partial charge in [0.05, 0.1) is 17.8 Å². The number of carbonyl (C=O) groups excluding carboxylic acids is 1. The van der Waals surface area contributed by atoms with Gasteiger partial charge in [-0.3, -0.25) is 4.90 Å². The lowest BCUT2D eigenvalue weighted by atomic mass is 10.0. The van der Waals surface area contributed by atoms with E-state index < -0.39 is 5.97 Å². The van der Waals surface area contributed by atoms with E-state index in [4.69, 9.17) is 5.11 Å². The summed E-state index contributed by atoms with van der Waals surface area (Å²) in [6.45, 7) is 8.14. The minimum atomic E-state index is -1.01. The fourth-order valence-corrected chi connectivity index (χ4v) is 2.39. The van der Waals surface area contributed by atoms with Crippen molar-refractivity contribution in [2.75, 3.05) is 18.5 Å². The minimum absolute atomic E-state index is 0.161. The zero-order valence-corrected chi connectivity index (χ0v) is 12.5. The van der Waals surface area contributed by atoms with Crippen LogP contribution in [-0.4, -0.2) is 35.6 Å². The van der Waals surface area contributed by atoms with Gasteiger partial charge in [0.15, 0.2) is 0 Å². The summed E-state index contributed by atoms with van der Waals surface area (Å²) in [5.41, 5.74) is 2.52. The molecule has 0 bridgehead atoms. The number of hydrogen-bond donors (Lipinski definition) is 1. The summed E-state index contributed by atoms with van der Waals surface area (Å²) in [6.07, 6.45) is 5.06. The van der Waals surface area contributed by atoms with Gasteiger partial charge in [-0.05, 0) is 23.3 Å². The van der Waals surface area contributed by atoms with Crippen LogP contribution in [0.3, 0.4) is 0 Å². The maximum Gasteiger partial charge on any atom is 0.335 e. The van der Waals surface area contributed by atoms with Crippen molar-refractivity contribution in [3.63, 3.8) is 0 Å². The first-order valence-electron chi connectivity index (χ1n) is 6.80. The third kappa shape index (κ3) is 2.93. The molecule has 5 nitrogen and oxygen atoms in total. The van der Waals surface area contributed by atoms with Crippen LogP contribution in [0.4, 0.5) is 10.5 Å². The number of urea groups is 1. The van der Waals surface area contributed by atoms with Gasteiger partial charge in [-0.2, -0.15) is 0 Å². The quantitative estimate of drug-likeness (QED) is 0.850. The van der Waals surface area contributed by atoms with Crippen LogP contribution >= 0.6 is 0 Å². The van der Waals surface area contributed by atoms with E-state index in [1.807, 2.05) is 0 Å². The van der Waals surface area contributed by atoms with Gasteiger partial charge >= 0.3 is 12.0 Å². The highest BCUT2D eigenvalue weighted by Gasteiger charge is 2.28. The number of carboxylic acids is 1. The monoisotopic (exact) mass is 298 g/mol. The second kappa shape index (κ2) is 6.30. The molecule has 1 aliphatic rings. The Morgan fingerprint density at radius 1 is 1.41 bits per heavy atom. The Hall–Kier alpha value is -2.82. The lowest BCUT2D eigenvalue weighted by Gasteiger charge is -2.35. The molecule has 0 atom stereocenters. The molecule has 0 saturated carbocycles. The number of carboxylic acid groups (broad SMARTS) is 1. The number of allylic oxidation sites excluding steroid dienone is 2. The van der Waals surface area contributed by atoms with Gasteiger partial charge in [-0.1, -0.05) is 37.5 Å². The van der Waals surface area contributed by atoms with Crippen LogP contribution in [0, 0.1) is 0 Å². The Morgan fingerprint density at radius 2 is 2.14 bits per heavy atom. The molecule has 0 fully saturated rings. The number of nitrogens with zero attached hydrogens (tertiary/aromatic N) is 2. The molecular weight excluding hydrogens is 280 g/mol. The number of carbonyl (C=O) groups is 2. The van der Waals surface area contributed by atoms with Gasteiger partial charge in [-0.15, -0.1) is 0 Å². The van der Waals surface area contributed by atoms with E-state index in [0.29, 0.717) is 18.8 Å². The van der Waals surface area contributed by atoms with E-state index in [1.165, 1.54) is 6.07 Å². The molecular formula is C17H18N2O3. The topological polar surface area (TPSA) is 60.9 Å². The van der Waals surface area contributed by atoms with Gasteiger partial charge in [0.25, 0.3) is 0 Å². The molecule has 0 aromatic heterocycles. The molecule has 114 valence electrons. The summed E-state index contributed by atoms with van der Waals surface area (Å²) in [5.74, 6) is -1.01. The van der Waals surface area contributed by atoms with Gasteiger partial charge < -0.3 is 10.0 Å². The van der Waals surface area contributed by atoms with Gasteiger partial charge in [0.1, 0.15) is 0 Å². The maximum absolute atomic E-state index is 12.4. The Balaban J connectivity index is 2.48. The van der Waals surface area contributed by atoms with Crippen LogP contribution in [0.2, 0.25) is 0 Å². The second-order valence-corrected chi connectivity index (χ2v) is 5.05. The zero-order valence-electron chi connectivity index (χ0n) is 12.5. The Morgan fingerprint density at radius 3 is 2.73 bits per heavy atom. The largest absolute Gasteiger partial charge is 0.478 e. The third-order valence-corrected chi connectivity index (χ3v) is 3.52. The van der Waals surface area contributed by atoms with E-state index in [0.717, 1.165) is 11.1 Å². The molecule has 1 aliphatic heterocycles. The number of amides is 2. The first-order valence-corrected chi connectivity index (χ1v) is 6.80. The van der Waals surface area contributed by atoms with Crippen molar-refractivity contribution in [2.24, 2.45) is 0 Å². The number of rotatable bonds is 5. The number of anilines is 1. The number of hydrogen-bond acceptors (Lipinski definition) is 2. The van der Waals surface area contributed by atoms with Crippen molar-refractivity contribution < 1.29 is 14.7 Å². The van der Waals surface area contributed by atoms with E-state index in [-0.39, 0.29) is 11.6 Å². The fraction of sp³-hybridized carbons (Fsp3) is 0.176. The lowest BCUT2D eigenvalue weighted by Crippen LogP contribution is -2.46. The van der Waals surface area contributed by atoms with Crippen molar-refractivity contribution in [3.8, 4) is 0 Å². The summed E-state index contributed by atoms with van der Waals surface area (Å²) < 4.78 is 0. The SMILES string of the molecule is C=C/C=C(\C=C)CN1C(=O)N(C)Cc2ccc(C(=O)O)cc21. The number of aromatic carboxylic acids is 1. The van der Waals surface area contributed by atoms with Crippen LogP contribution in [0.5, 0.6) is 0 Å². The Bertz CT molecular complexity index is 676. The first-order chi connectivity index (χ1) is 10.5. The van der Waals surface area contributed by atoms with Gasteiger partial charge in [0, 0.05) is 13.6 Å². The molecule has 0 saturated heterocycles. The van der Waals surface area contributed by atoms with Crippen LogP contribution in [0.15, 0.2) is 55.2 Å². The summed E-state index contributed by atoms with van der Waals surface area (Å²) in [5, 5.41) is 9.15. The average Bonchev–Trinajstić information content (AvgIpc) is 2.50. The van der Waals surface area contributed by atoms with Crippen molar-refractivity contribution in [1.29, 1.82) is 0 Å². The predicted octanol–water partition coefficient (Wildman–Crippen LogP) is 3.06. The Kier molecular flexibility index (Phi) is 4.46. The molecule has 1 N–H and O–H groups in total. The van der Waals surface area contributed by atoms with E-state index in [9.17, 15) is 9.59 Å². The van der Waals surface area contributed by atoms with Crippen molar-refractivity contribution >= 4 is 17.7 Å². The fourth-order valence-electron chi connectivity index (χ4n) is 2.39. The molecule has 0 unspecified atom stereocenters. The normalized spacial score (nSPS) is 14.6. The molecule has 5 heteroatoms. The smallest absolute Gasteiger partial charge is 0.335 e. The highest BCUT2D eigenvalue weighted by atomic mass is 16.4. The van der Waals surface area contributed by atoms with Gasteiger partial charge in [-0.25, -0.2) is 9.59 Å².